The number of carbonyl (C=O) groups is 1. The SMILES string of the molecule is CCOc1ccc(OCc2ccc(/C=C/C(=O)c3ccc(F)cc3)o2)cc1. The molecule has 27 heavy (non-hydrogen) atoms. The molecule has 3 rings (SSSR count). The van der Waals surface area contributed by atoms with Gasteiger partial charge in [0.1, 0.15) is 35.4 Å². The zero-order chi connectivity index (χ0) is 19.1. The first-order valence-electron chi connectivity index (χ1n) is 8.56. The van der Waals surface area contributed by atoms with Crippen LogP contribution in [0.3, 0.4) is 0 Å². The molecule has 1 aromatic heterocycles. The van der Waals surface area contributed by atoms with Crippen LogP contribution >= 0.6 is 0 Å². The second-order valence-corrected chi connectivity index (χ2v) is 5.70. The van der Waals surface area contributed by atoms with Gasteiger partial charge < -0.3 is 13.9 Å². The number of allylic oxidation sites excluding steroid dienone is 1. The molecule has 0 spiro atoms. The summed E-state index contributed by atoms with van der Waals surface area (Å²) in [5.41, 5.74) is 0.415. The molecular formula is C22H19FO4. The second kappa shape index (κ2) is 8.85. The Hall–Kier alpha value is -3.34. The van der Waals surface area contributed by atoms with E-state index >= 15 is 0 Å². The van der Waals surface area contributed by atoms with E-state index in [1.54, 1.807) is 18.2 Å². The largest absolute Gasteiger partial charge is 0.494 e. The Bertz CT molecular complexity index is 908. The number of benzene rings is 2. The van der Waals surface area contributed by atoms with E-state index in [1.807, 2.05) is 31.2 Å². The molecule has 0 unspecified atom stereocenters. The summed E-state index contributed by atoms with van der Waals surface area (Å²) in [7, 11) is 0. The highest BCUT2D eigenvalue weighted by Gasteiger charge is 2.04. The predicted molar refractivity (Wildman–Crippen MR) is 100 cm³/mol. The maximum Gasteiger partial charge on any atom is 0.185 e. The second-order valence-electron chi connectivity index (χ2n) is 5.70. The van der Waals surface area contributed by atoms with E-state index in [0.717, 1.165) is 5.75 Å². The normalized spacial score (nSPS) is 10.9. The molecule has 0 atom stereocenters. The molecular weight excluding hydrogens is 347 g/mol. The monoisotopic (exact) mass is 366 g/mol. The van der Waals surface area contributed by atoms with E-state index in [9.17, 15) is 9.18 Å². The Morgan fingerprint density at radius 2 is 1.63 bits per heavy atom. The topological polar surface area (TPSA) is 48.7 Å². The van der Waals surface area contributed by atoms with Crippen LogP contribution in [0, 0.1) is 5.82 Å². The molecule has 2 aromatic carbocycles. The van der Waals surface area contributed by atoms with E-state index in [1.165, 1.54) is 30.3 Å². The highest BCUT2D eigenvalue weighted by Crippen LogP contribution is 2.19. The van der Waals surface area contributed by atoms with Crippen LogP contribution in [0.15, 0.2) is 71.2 Å². The van der Waals surface area contributed by atoms with Crippen LogP contribution in [0.2, 0.25) is 0 Å². The fraction of sp³-hybridized carbons (Fsp3) is 0.136. The molecule has 0 N–H and O–H groups in total. The number of carbonyl (C=O) groups excluding carboxylic acids is 1. The first-order valence-corrected chi connectivity index (χ1v) is 8.56. The van der Waals surface area contributed by atoms with Crippen LogP contribution in [0.5, 0.6) is 11.5 Å². The van der Waals surface area contributed by atoms with Gasteiger partial charge >= 0.3 is 0 Å². The smallest absolute Gasteiger partial charge is 0.185 e. The maximum atomic E-state index is 12.9. The minimum Gasteiger partial charge on any atom is -0.494 e. The number of hydrogen-bond acceptors (Lipinski definition) is 4. The van der Waals surface area contributed by atoms with Gasteiger partial charge in [-0.1, -0.05) is 0 Å². The Kier molecular flexibility index (Phi) is 6.05. The number of rotatable bonds is 8. The third kappa shape index (κ3) is 5.31. The molecule has 3 aromatic rings. The molecule has 0 fully saturated rings. The molecule has 0 saturated carbocycles. The molecule has 0 bridgehead atoms. The van der Waals surface area contributed by atoms with Gasteiger partial charge in [0.25, 0.3) is 0 Å². The first kappa shape index (κ1) is 18.5. The number of halogens is 1. The van der Waals surface area contributed by atoms with Crippen LogP contribution < -0.4 is 9.47 Å². The van der Waals surface area contributed by atoms with Crippen molar-refractivity contribution < 1.29 is 23.1 Å². The van der Waals surface area contributed by atoms with Gasteiger partial charge in [0.15, 0.2) is 5.78 Å². The standard InChI is InChI=1S/C22H19FO4/c1-2-25-18-7-9-19(10-8-18)26-15-21-12-11-20(27-21)13-14-22(24)16-3-5-17(23)6-4-16/h3-14H,2,15H2,1H3/b14-13+. The fourth-order valence-corrected chi connectivity index (χ4v) is 2.38. The molecule has 0 aliphatic carbocycles. The van der Waals surface area contributed by atoms with E-state index < -0.39 is 0 Å². The summed E-state index contributed by atoms with van der Waals surface area (Å²) in [5.74, 6) is 2.07. The van der Waals surface area contributed by atoms with Crippen molar-refractivity contribution >= 4 is 11.9 Å². The summed E-state index contributed by atoms with van der Waals surface area (Å²) < 4.78 is 29.6. The highest BCUT2D eigenvalue weighted by atomic mass is 19.1. The van der Waals surface area contributed by atoms with E-state index in [-0.39, 0.29) is 18.2 Å². The van der Waals surface area contributed by atoms with Crippen molar-refractivity contribution in [2.24, 2.45) is 0 Å². The zero-order valence-electron chi connectivity index (χ0n) is 14.9. The average molecular weight is 366 g/mol. The summed E-state index contributed by atoms with van der Waals surface area (Å²) in [6.07, 6.45) is 2.97. The van der Waals surface area contributed by atoms with Crippen molar-refractivity contribution in [3.8, 4) is 11.5 Å². The van der Waals surface area contributed by atoms with Crippen molar-refractivity contribution in [3.05, 3.63) is 89.6 Å². The van der Waals surface area contributed by atoms with Gasteiger partial charge in [0.2, 0.25) is 0 Å². The predicted octanol–water partition coefficient (Wildman–Crippen LogP) is 5.29. The van der Waals surface area contributed by atoms with Crippen molar-refractivity contribution in [1.82, 2.24) is 0 Å². The molecule has 0 amide bonds. The maximum absolute atomic E-state index is 12.9. The molecule has 0 saturated heterocycles. The molecule has 1 heterocycles. The van der Waals surface area contributed by atoms with Gasteiger partial charge in [-0.3, -0.25) is 4.79 Å². The fourth-order valence-electron chi connectivity index (χ4n) is 2.38. The quantitative estimate of drug-likeness (QED) is 0.401. The lowest BCUT2D eigenvalue weighted by Gasteiger charge is -2.06. The van der Waals surface area contributed by atoms with Gasteiger partial charge in [-0.2, -0.15) is 0 Å². The summed E-state index contributed by atoms with van der Waals surface area (Å²) in [5, 5.41) is 0. The molecule has 0 aliphatic rings. The Balaban J connectivity index is 1.54. The van der Waals surface area contributed by atoms with Gasteiger partial charge in [0.05, 0.1) is 6.61 Å². The lowest BCUT2D eigenvalue weighted by Crippen LogP contribution is -1.95. The average Bonchev–Trinajstić information content (AvgIpc) is 3.14. The Morgan fingerprint density at radius 1 is 0.963 bits per heavy atom. The molecule has 0 aliphatic heterocycles. The molecule has 138 valence electrons. The molecule has 5 heteroatoms. The summed E-state index contributed by atoms with van der Waals surface area (Å²) in [6, 6.07) is 16.3. The van der Waals surface area contributed by atoms with Crippen molar-refractivity contribution in [1.29, 1.82) is 0 Å². The summed E-state index contributed by atoms with van der Waals surface area (Å²) in [6.45, 7) is 2.82. The van der Waals surface area contributed by atoms with Gasteiger partial charge in [-0.15, -0.1) is 0 Å². The lowest BCUT2D eigenvalue weighted by molar-refractivity contribution is 0.104. The van der Waals surface area contributed by atoms with E-state index in [4.69, 9.17) is 13.9 Å². The van der Waals surface area contributed by atoms with Crippen LogP contribution in [0.1, 0.15) is 28.8 Å². The number of ether oxygens (including phenoxy) is 2. The summed E-state index contributed by atoms with van der Waals surface area (Å²) in [4.78, 5) is 12.0. The third-order valence-corrected chi connectivity index (χ3v) is 3.73. The van der Waals surface area contributed by atoms with Crippen molar-refractivity contribution in [2.75, 3.05) is 6.61 Å². The van der Waals surface area contributed by atoms with Gasteiger partial charge in [-0.25, -0.2) is 4.39 Å². The minimum absolute atomic E-state index is 0.224. The van der Waals surface area contributed by atoms with E-state index in [2.05, 4.69) is 0 Å². The van der Waals surface area contributed by atoms with Gasteiger partial charge in [0, 0.05) is 5.56 Å². The van der Waals surface area contributed by atoms with Crippen LogP contribution in [0.4, 0.5) is 4.39 Å². The summed E-state index contributed by atoms with van der Waals surface area (Å²) >= 11 is 0. The third-order valence-electron chi connectivity index (χ3n) is 3.73. The van der Waals surface area contributed by atoms with Gasteiger partial charge in [-0.05, 0) is 79.7 Å². The zero-order valence-corrected chi connectivity index (χ0v) is 14.9. The van der Waals surface area contributed by atoms with E-state index in [0.29, 0.717) is 29.4 Å². The number of furan rings is 1. The van der Waals surface area contributed by atoms with Crippen molar-refractivity contribution in [3.63, 3.8) is 0 Å². The lowest BCUT2D eigenvalue weighted by atomic mass is 10.1. The highest BCUT2D eigenvalue weighted by molar-refractivity contribution is 6.06. The van der Waals surface area contributed by atoms with Crippen LogP contribution in [-0.4, -0.2) is 12.4 Å². The Morgan fingerprint density at radius 3 is 2.30 bits per heavy atom. The first-order chi connectivity index (χ1) is 13.1. The minimum atomic E-state index is -0.376. The number of hydrogen-bond donors (Lipinski definition) is 0. The Labute approximate surface area is 156 Å². The van der Waals surface area contributed by atoms with Crippen molar-refractivity contribution in [2.45, 2.75) is 13.5 Å². The molecule has 0 radical (unpaired) electrons. The van der Waals surface area contributed by atoms with Crippen LogP contribution in [0.25, 0.3) is 6.08 Å². The number of ketones is 1. The molecule has 4 nitrogen and oxygen atoms in total. The van der Waals surface area contributed by atoms with Crippen LogP contribution in [-0.2, 0) is 6.61 Å².